The number of halogens is 2. The van der Waals surface area contributed by atoms with Crippen molar-refractivity contribution >= 4 is 40.5 Å². The fourth-order valence-corrected chi connectivity index (χ4v) is 2.40. The molecule has 0 amide bonds. The Morgan fingerprint density at radius 2 is 1.89 bits per heavy atom. The van der Waals surface area contributed by atoms with Crippen molar-refractivity contribution in [2.45, 2.75) is 0 Å². The molecule has 19 heavy (non-hydrogen) atoms. The van der Waals surface area contributed by atoms with Gasteiger partial charge in [0.2, 0.25) is 0 Å². The molecule has 3 rings (SSSR count). The second kappa shape index (κ2) is 4.72. The second-order valence-corrected chi connectivity index (χ2v) is 4.96. The molecule has 4 heteroatoms. The predicted molar refractivity (Wildman–Crippen MR) is 77.1 cm³/mol. The molecule has 3 aromatic rings. The summed E-state index contributed by atoms with van der Waals surface area (Å²) in [5.74, 6) is 0.577. The second-order valence-electron chi connectivity index (χ2n) is 4.12. The average Bonchev–Trinajstić information content (AvgIpc) is 2.84. The third kappa shape index (κ3) is 2.14. The number of carbonyl (C=O) groups is 1. The van der Waals surface area contributed by atoms with Gasteiger partial charge in [-0.15, -0.1) is 0 Å². The van der Waals surface area contributed by atoms with Crippen molar-refractivity contribution in [1.82, 2.24) is 0 Å². The van der Waals surface area contributed by atoms with Gasteiger partial charge in [-0.25, -0.2) is 0 Å². The van der Waals surface area contributed by atoms with E-state index in [4.69, 9.17) is 27.6 Å². The standard InChI is InChI=1S/C15H8Cl2O2/c16-11-5-4-10(8-18)12(7-11)14-6-9-2-1-3-13(17)15(9)19-14/h1-8H. The van der Waals surface area contributed by atoms with Crippen LogP contribution in [0, 0.1) is 0 Å². The fourth-order valence-electron chi connectivity index (χ4n) is 2.00. The molecule has 94 valence electrons. The van der Waals surface area contributed by atoms with Crippen LogP contribution in [-0.4, -0.2) is 6.29 Å². The predicted octanol–water partition coefficient (Wildman–Crippen LogP) is 5.22. The highest BCUT2D eigenvalue weighted by Gasteiger charge is 2.12. The first-order valence-electron chi connectivity index (χ1n) is 5.62. The van der Waals surface area contributed by atoms with E-state index in [1.165, 1.54) is 0 Å². The van der Waals surface area contributed by atoms with Crippen molar-refractivity contribution in [3.63, 3.8) is 0 Å². The van der Waals surface area contributed by atoms with Crippen LogP contribution in [0.15, 0.2) is 46.9 Å². The van der Waals surface area contributed by atoms with Gasteiger partial charge >= 0.3 is 0 Å². The highest BCUT2D eigenvalue weighted by molar-refractivity contribution is 6.35. The summed E-state index contributed by atoms with van der Waals surface area (Å²) in [7, 11) is 0. The topological polar surface area (TPSA) is 30.2 Å². The molecule has 0 aliphatic carbocycles. The van der Waals surface area contributed by atoms with Crippen molar-refractivity contribution in [2.24, 2.45) is 0 Å². The zero-order valence-corrected chi connectivity index (χ0v) is 11.2. The highest BCUT2D eigenvalue weighted by atomic mass is 35.5. The van der Waals surface area contributed by atoms with Gasteiger partial charge in [-0.3, -0.25) is 4.79 Å². The van der Waals surface area contributed by atoms with Gasteiger partial charge in [-0.05, 0) is 30.3 Å². The van der Waals surface area contributed by atoms with Crippen LogP contribution in [0.3, 0.4) is 0 Å². The molecule has 2 aromatic carbocycles. The number of hydrogen-bond acceptors (Lipinski definition) is 2. The maximum atomic E-state index is 11.1. The zero-order chi connectivity index (χ0) is 13.4. The van der Waals surface area contributed by atoms with Gasteiger partial charge < -0.3 is 4.42 Å². The van der Waals surface area contributed by atoms with Gasteiger partial charge in [0.15, 0.2) is 11.9 Å². The van der Waals surface area contributed by atoms with Crippen LogP contribution in [0.5, 0.6) is 0 Å². The molecular formula is C15H8Cl2O2. The first-order chi connectivity index (χ1) is 9.19. The van der Waals surface area contributed by atoms with E-state index in [0.29, 0.717) is 32.5 Å². The minimum Gasteiger partial charge on any atom is -0.454 e. The molecule has 0 saturated heterocycles. The maximum Gasteiger partial charge on any atom is 0.153 e. The lowest BCUT2D eigenvalue weighted by molar-refractivity contribution is 0.112. The van der Waals surface area contributed by atoms with E-state index in [2.05, 4.69) is 0 Å². The van der Waals surface area contributed by atoms with Crippen LogP contribution in [0.2, 0.25) is 10.0 Å². The smallest absolute Gasteiger partial charge is 0.153 e. The molecule has 0 atom stereocenters. The van der Waals surface area contributed by atoms with Crippen molar-refractivity contribution in [2.75, 3.05) is 0 Å². The minimum atomic E-state index is 0.527. The van der Waals surface area contributed by atoms with Crippen LogP contribution in [0.1, 0.15) is 10.4 Å². The van der Waals surface area contributed by atoms with Crippen molar-refractivity contribution in [3.8, 4) is 11.3 Å². The summed E-state index contributed by atoms with van der Waals surface area (Å²) in [5, 5.41) is 1.98. The summed E-state index contributed by atoms with van der Waals surface area (Å²) >= 11 is 12.0. The molecule has 0 aliphatic heterocycles. The number of para-hydroxylation sites is 1. The number of furan rings is 1. The Bertz CT molecular complexity index is 775. The maximum absolute atomic E-state index is 11.1. The molecule has 0 unspecified atom stereocenters. The number of benzene rings is 2. The molecule has 1 aromatic heterocycles. The van der Waals surface area contributed by atoms with Gasteiger partial charge in [0.05, 0.1) is 5.02 Å². The molecule has 0 saturated carbocycles. The molecule has 0 radical (unpaired) electrons. The Hall–Kier alpha value is -1.77. The van der Waals surface area contributed by atoms with Gasteiger partial charge in [0.1, 0.15) is 5.76 Å². The van der Waals surface area contributed by atoms with E-state index < -0.39 is 0 Å². The highest BCUT2D eigenvalue weighted by Crippen LogP contribution is 2.34. The molecule has 1 heterocycles. The normalized spacial score (nSPS) is 10.8. The number of hydrogen-bond donors (Lipinski definition) is 0. The van der Waals surface area contributed by atoms with E-state index in [0.717, 1.165) is 11.7 Å². The molecule has 0 N–H and O–H groups in total. The quantitative estimate of drug-likeness (QED) is 0.606. The van der Waals surface area contributed by atoms with E-state index in [1.54, 1.807) is 24.3 Å². The van der Waals surface area contributed by atoms with Crippen molar-refractivity contribution in [3.05, 3.63) is 58.1 Å². The zero-order valence-electron chi connectivity index (χ0n) is 9.69. The molecular weight excluding hydrogens is 283 g/mol. The minimum absolute atomic E-state index is 0.527. The summed E-state index contributed by atoms with van der Waals surface area (Å²) in [4.78, 5) is 11.1. The molecule has 0 fully saturated rings. The van der Waals surface area contributed by atoms with Crippen LogP contribution >= 0.6 is 23.2 Å². The van der Waals surface area contributed by atoms with Crippen molar-refractivity contribution < 1.29 is 9.21 Å². The largest absolute Gasteiger partial charge is 0.454 e. The summed E-state index contributed by atoms with van der Waals surface area (Å²) in [5.41, 5.74) is 1.80. The Morgan fingerprint density at radius 3 is 2.63 bits per heavy atom. The Kier molecular flexibility index (Phi) is 3.05. The summed E-state index contributed by atoms with van der Waals surface area (Å²) in [6, 6.07) is 12.4. The van der Waals surface area contributed by atoms with Crippen molar-refractivity contribution in [1.29, 1.82) is 0 Å². The molecule has 0 aliphatic rings. The number of carbonyl (C=O) groups excluding carboxylic acids is 1. The van der Waals surface area contributed by atoms with E-state index in [9.17, 15) is 4.79 Å². The van der Waals surface area contributed by atoms with E-state index in [-0.39, 0.29) is 0 Å². The van der Waals surface area contributed by atoms with Crippen LogP contribution in [0.25, 0.3) is 22.3 Å². The lowest BCUT2D eigenvalue weighted by atomic mass is 10.1. The van der Waals surface area contributed by atoms with Gasteiger partial charge in [-0.1, -0.05) is 35.3 Å². The average molecular weight is 291 g/mol. The van der Waals surface area contributed by atoms with Crippen LogP contribution < -0.4 is 0 Å². The molecule has 2 nitrogen and oxygen atoms in total. The number of rotatable bonds is 2. The lowest BCUT2D eigenvalue weighted by Gasteiger charge is -2.01. The third-order valence-corrected chi connectivity index (χ3v) is 3.44. The monoisotopic (exact) mass is 290 g/mol. The summed E-state index contributed by atoms with van der Waals surface area (Å²) in [6.45, 7) is 0. The molecule has 0 spiro atoms. The van der Waals surface area contributed by atoms with Crippen LogP contribution in [-0.2, 0) is 0 Å². The summed E-state index contributed by atoms with van der Waals surface area (Å²) in [6.07, 6.45) is 0.778. The number of aldehydes is 1. The SMILES string of the molecule is O=Cc1ccc(Cl)cc1-c1cc2cccc(Cl)c2o1. The Balaban J connectivity index is 2.27. The fraction of sp³-hybridized carbons (Fsp3) is 0. The van der Waals surface area contributed by atoms with Crippen LogP contribution in [0.4, 0.5) is 0 Å². The Labute approximate surface area is 119 Å². The van der Waals surface area contributed by atoms with Gasteiger partial charge in [-0.2, -0.15) is 0 Å². The molecule has 0 bridgehead atoms. The van der Waals surface area contributed by atoms with E-state index in [1.807, 2.05) is 18.2 Å². The lowest BCUT2D eigenvalue weighted by Crippen LogP contribution is -1.85. The first-order valence-corrected chi connectivity index (χ1v) is 6.38. The first kappa shape index (κ1) is 12.3. The number of fused-ring (bicyclic) bond motifs is 1. The van der Waals surface area contributed by atoms with E-state index >= 15 is 0 Å². The Morgan fingerprint density at radius 1 is 1.05 bits per heavy atom. The third-order valence-electron chi connectivity index (χ3n) is 2.90. The van der Waals surface area contributed by atoms with Gasteiger partial charge in [0, 0.05) is 21.5 Å². The van der Waals surface area contributed by atoms with Gasteiger partial charge in [0.25, 0.3) is 0 Å². The summed E-state index contributed by atoms with van der Waals surface area (Å²) < 4.78 is 5.73.